The van der Waals surface area contributed by atoms with Gasteiger partial charge in [0, 0.05) is 25.2 Å². The Morgan fingerprint density at radius 3 is 2.67 bits per heavy atom. The van der Waals surface area contributed by atoms with E-state index in [0.717, 1.165) is 0 Å². The second kappa shape index (κ2) is 12.5. The van der Waals surface area contributed by atoms with E-state index in [1.807, 2.05) is 6.92 Å². The predicted octanol–water partition coefficient (Wildman–Crippen LogP) is 1.69. The van der Waals surface area contributed by atoms with E-state index in [9.17, 15) is 15.2 Å². The van der Waals surface area contributed by atoms with Gasteiger partial charge in [-0.1, -0.05) is 6.08 Å². The number of nitro groups is 1. The fraction of sp³-hybridized carbons (Fsp3) is 0.400. The average Bonchev–Trinajstić information content (AvgIpc) is 2.55. The lowest BCUT2D eigenvalue weighted by molar-refractivity contribution is -0.384. The van der Waals surface area contributed by atoms with Gasteiger partial charge in [-0.05, 0) is 19.1 Å². The third kappa shape index (κ3) is 8.67. The van der Waals surface area contributed by atoms with Crippen LogP contribution in [0.2, 0.25) is 0 Å². The van der Waals surface area contributed by atoms with Gasteiger partial charge >= 0.3 is 0 Å². The SMILES string of the molecule is C=CCNC(=NCC(O)COc1ccc([N+](=O)[O-])cc1)NCC.I. The second-order valence-electron chi connectivity index (χ2n) is 4.61. The minimum absolute atomic E-state index is 0. The molecule has 9 heteroatoms. The molecule has 0 heterocycles. The molecule has 8 nitrogen and oxygen atoms in total. The van der Waals surface area contributed by atoms with Gasteiger partial charge < -0.3 is 20.5 Å². The van der Waals surface area contributed by atoms with Crippen LogP contribution in [0, 0.1) is 10.1 Å². The third-order valence-corrected chi connectivity index (χ3v) is 2.71. The molecule has 1 unspecified atom stereocenters. The number of aliphatic imine (C=N–C) groups is 1. The fourth-order valence-corrected chi connectivity index (χ4v) is 1.62. The van der Waals surface area contributed by atoms with Gasteiger partial charge in [0.2, 0.25) is 0 Å². The normalized spacial score (nSPS) is 11.8. The standard InChI is InChI=1S/C15H22N4O4.HI/c1-3-9-17-15(16-4-2)18-10-13(20)11-23-14-7-5-12(6-8-14)19(21)22;/h3,5-8,13,20H,1,4,9-11H2,2H3,(H2,16,17,18);1H. The topological polar surface area (TPSA) is 109 Å². The molecule has 0 radical (unpaired) electrons. The lowest BCUT2D eigenvalue weighted by Gasteiger charge is -2.13. The molecule has 134 valence electrons. The summed E-state index contributed by atoms with van der Waals surface area (Å²) in [6.45, 7) is 7.04. The number of halogens is 1. The summed E-state index contributed by atoms with van der Waals surface area (Å²) in [6, 6.07) is 5.68. The highest BCUT2D eigenvalue weighted by molar-refractivity contribution is 14.0. The van der Waals surface area contributed by atoms with E-state index in [2.05, 4.69) is 22.2 Å². The number of non-ortho nitro benzene ring substituents is 1. The van der Waals surface area contributed by atoms with Crippen molar-refractivity contribution < 1.29 is 14.8 Å². The number of guanidine groups is 1. The Bertz CT molecular complexity index is 537. The van der Waals surface area contributed by atoms with Crippen molar-refractivity contribution in [2.24, 2.45) is 4.99 Å². The molecule has 0 aliphatic rings. The molecule has 0 bridgehead atoms. The van der Waals surface area contributed by atoms with E-state index in [1.165, 1.54) is 24.3 Å². The predicted molar refractivity (Wildman–Crippen MR) is 104 cm³/mol. The maximum Gasteiger partial charge on any atom is 0.269 e. The molecule has 0 aliphatic heterocycles. The van der Waals surface area contributed by atoms with Gasteiger partial charge in [0.15, 0.2) is 5.96 Å². The highest BCUT2D eigenvalue weighted by Gasteiger charge is 2.08. The Morgan fingerprint density at radius 1 is 1.46 bits per heavy atom. The molecule has 0 amide bonds. The molecule has 1 rings (SSSR count). The number of benzene rings is 1. The summed E-state index contributed by atoms with van der Waals surface area (Å²) in [6.07, 6.45) is 0.922. The summed E-state index contributed by atoms with van der Waals surface area (Å²) in [4.78, 5) is 14.3. The van der Waals surface area contributed by atoms with Crippen LogP contribution in [0.1, 0.15) is 6.92 Å². The average molecular weight is 450 g/mol. The zero-order chi connectivity index (χ0) is 17.1. The smallest absolute Gasteiger partial charge is 0.269 e. The number of nitrogens with zero attached hydrogens (tertiary/aromatic N) is 2. The Labute approximate surface area is 158 Å². The molecular weight excluding hydrogens is 427 g/mol. The molecule has 1 aromatic carbocycles. The number of nitrogens with one attached hydrogen (secondary N) is 2. The van der Waals surface area contributed by atoms with Crippen molar-refractivity contribution in [3.63, 3.8) is 0 Å². The maximum atomic E-state index is 10.5. The molecule has 3 N–H and O–H groups in total. The van der Waals surface area contributed by atoms with Crippen LogP contribution in [0.25, 0.3) is 0 Å². The molecule has 0 aliphatic carbocycles. The van der Waals surface area contributed by atoms with Gasteiger partial charge in [0.1, 0.15) is 18.5 Å². The van der Waals surface area contributed by atoms with E-state index in [-0.39, 0.29) is 42.8 Å². The molecule has 1 aromatic rings. The van der Waals surface area contributed by atoms with Crippen LogP contribution < -0.4 is 15.4 Å². The number of hydrogen-bond acceptors (Lipinski definition) is 5. The number of rotatable bonds is 9. The monoisotopic (exact) mass is 450 g/mol. The van der Waals surface area contributed by atoms with Crippen LogP contribution in [-0.2, 0) is 0 Å². The highest BCUT2D eigenvalue weighted by Crippen LogP contribution is 2.17. The first kappa shape index (κ1) is 22.1. The minimum Gasteiger partial charge on any atom is -0.491 e. The fourth-order valence-electron chi connectivity index (χ4n) is 1.62. The second-order valence-corrected chi connectivity index (χ2v) is 4.61. The summed E-state index contributed by atoms with van der Waals surface area (Å²) in [7, 11) is 0. The summed E-state index contributed by atoms with van der Waals surface area (Å²) >= 11 is 0. The van der Waals surface area contributed by atoms with E-state index in [1.54, 1.807) is 6.08 Å². The molecule has 1 atom stereocenters. The zero-order valence-electron chi connectivity index (χ0n) is 13.5. The highest BCUT2D eigenvalue weighted by atomic mass is 127. The number of ether oxygens (including phenoxy) is 1. The van der Waals surface area contributed by atoms with E-state index >= 15 is 0 Å². The van der Waals surface area contributed by atoms with Crippen molar-refractivity contribution >= 4 is 35.6 Å². The number of aliphatic hydroxyl groups is 1. The molecule has 24 heavy (non-hydrogen) atoms. The van der Waals surface area contributed by atoms with Crippen molar-refractivity contribution in [1.29, 1.82) is 0 Å². The Balaban J connectivity index is 0.00000529. The van der Waals surface area contributed by atoms with Gasteiger partial charge in [-0.3, -0.25) is 15.1 Å². The van der Waals surface area contributed by atoms with Crippen LogP contribution in [0.15, 0.2) is 41.9 Å². The third-order valence-electron chi connectivity index (χ3n) is 2.71. The van der Waals surface area contributed by atoms with Crippen LogP contribution in [0.4, 0.5) is 5.69 Å². The lowest BCUT2D eigenvalue weighted by Crippen LogP contribution is -2.38. The largest absolute Gasteiger partial charge is 0.491 e. The van der Waals surface area contributed by atoms with E-state index in [4.69, 9.17) is 4.74 Å². The van der Waals surface area contributed by atoms with Gasteiger partial charge in [-0.25, -0.2) is 0 Å². The summed E-state index contributed by atoms with van der Waals surface area (Å²) < 4.78 is 5.38. The van der Waals surface area contributed by atoms with Crippen molar-refractivity contribution in [1.82, 2.24) is 10.6 Å². The Kier molecular flexibility index (Phi) is 11.5. The molecule has 0 saturated heterocycles. The quantitative estimate of drug-likeness (QED) is 0.132. The number of nitro benzene ring substituents is 1. The van der Waals surface area contributed by atoms with Gasteiger partial charge in [-0.15, -0.1) is 30.6 Å². The first-order chi connectivity index (χ1) is 11.1. The Morgan fingerprint density at radius 2 is 2.12 bits per heavy atom. The van der Waals surface area contributed by atoms with E-state index < -0.39 is 11.0 Å². The van der Waals surface area contributed by atoms with Crippen LogP contribution in [0.3, 0.4) is 0 Å². The van der Waals surface area contributed by atoms with Crippen molar-refractivity contribution in [3.8, 4) is 5.75 Å². The molecule has 0 saturated carbocycles. The summed E-state index contributed by atoms with van der Waals surface area (Å²) in [5.41, 5.74) is -0.00827. The van der Waals surface area contributed by atoms with Crippen molar-refractivity contribution in [2.75, 3.05) is 26.2 Å². The summed E-state index contributed by atoms with van der Waals surface area (Å²) in [5, 5.41) is 26.5. The van der Waals surface area contributed by atoms with Crippen molar-refractivity contribution in [2.45, 2.75) is 13.0 Å². The van der Waals surface area contributed by atoms with Gasteiger partial charge in [0.05, 0.1) is 11.5 Å². The van der Waals surface area contributed by atoms with Crippen LogP contribution in [-0.4, -0.2) is 48.3 Å². The van der Waals surface area contributed by atoms with Gasteiger partial charge in [0.25, 0.3) is 5.69 Å². The van der Waals surface area contributed by atoms with Crippen LogP contribution >= 0.6 is 24.0 Å². The van der Waals surface area contributed by atoms with Crippen molar-refractivity contribution in [3.05, 3.63) is 47.0 Å². The number of aliphatic hydroxyl groups excluding tert-OH is 1. The van der Waals surface area contributed by atoms with E-state index in [0.29, 0.717) is 24.8 Å². The molecule has 0 fully saturated rings. The first-order valence-electron chi connectivity index (χ1n) is 7.25. The first-order valence-corrected chi connectivity index (χ1v) is 7.25. The summed E-state index contributed by atoms with van der Waals surface area (Å²) in [5.74, 6) is 1.04. The zero-order valence-corrected chi connectivity index (χ0v) is 15.8. The molecular formula is C15H23IN4O4. The minimum atomic E-state index is -0.788. The maximum absolute atomic E-state index is 10.5. The van der Waals surface area contributed by atoms with Crippen LogP contribution in [0.5, 0.6) is 5.75 Å². The lowest BCUT2D eigenvalue weighted by atomic mass is 10.3. The Hall–Kier alpha value is -1.88. The number of hydrogen-bond donors (Lipinski definition) is 3. The molecule has 0 spiro atoms. The molecule has 0 aromatic heterocycles. The van der Waals surface area contributed by atoms with Gasteiger partial charge in [-0.2, -0.15) is 0 Å².